The van der Waals surface area contributed by atoms with Crippen molar-refractivity contribution >= 4 is 10.0 Å². The molecule has 0 unspecified atom stereocenters. The first-order chi connectivity index (χ1) is 9.43. The molecule has 1 rings (SSSR count). The maximum atomic E-state index is 11.9. The summed E-state index contributed by atoms with van der Waals surface area (Å²) in [5.74, 6) is 1.44. The average molecular weight is 301 g/mol. The largest absolute Gasteiger partial charge is 0.497 e. The van der Waals surface area contributed by atoms with Crippen molar-refractivity contribution in [1.29, 1.82) is 0 Å². The first kappa shape index (κ1) is 16.8. The molecule has 1 aromatic rings. The monoisotopic (exact) mass is 301 g/mol. The average Bonchev–Trinajstić information content (AvgIpc) is 2.43. The molecule has 6 heteroatoms. The fourth-order valence-electron chi connectivity index (χ4n) is 1.90. The van der Waals surface area contributed by atoms with Crippen molar-refractivity contribution in [3.8, 4) is 11.5 Å². The molecule has 0 aliphatic heterocycles. The Bertz CT molecular complexity index is 528. The van der Waals surface area contributed by atoms with Crippen molar-refractivity contribution in [3.63, 3.8) is 0 Å². The number of nitrogens with one attached hydrogen (secondary N) is 1. The van der Waals surface area contributed by atoms with Crippen LogP contribution in [0.5, 0.6) is 11.5 Å². The number of methoxy groups -OCH3 is 2. The van der Waals surface area contributed by atoms with Gasteiger partial charge >= 0.3 is 0 Å². The first-order valence-electron chi connectivity index (χ1n) is 6.65. The Morgan fingerprint density at radius 3 is 2.50 bits per heavy atom. The lowest BCUT2D eigenvalue weighted by Crippen LogP contribution is -2.29. The van der Waals surface area contributed by atoms with Gasteiger partial charge in [0.2, 0.25) is 10.0 Å². The summed E-state index contributed by atoms with van der Waals surface area (Å²) in [6.07, 6.45) is 1.50. The smallest absolute Gasteiger partial charge is 0.212 e. The van der Waals surface area contributed by atoms with Gasteiger partial charge in [0, 0.05) is 11.6 Å². The number of unbranched alkanes of at least 4 members (excludes halogenated alkanes) is 1. The van der Waals surface area contributed by atoms with E-state index in [9.17, 15) is 8.42 Å². The van der Waals surface area contributed by atoms with Crippen LogP contribution in [0.15, 0.2) is 18.2 Å². The quantitative estimate of drug-likeness (QED) is 0.801. The molecule has 0 saturated heterocycles. The molecule has 0 aliphatic rings. The third kappa shape index (κ3) is 4.68. The Hall–Kier alpha value is -1.27. The molecule has 5 nitrogen and oxygen atoms in total. The lowest BCUT2D eigenvalue weighted by molar-refractivity contribution is 0.395. The zero-order valence-corrected chi connectivity index (χ0v) is 13.3. The van der Waals surface area contributed by atoms with Crippen molar-refractivity contribution in [2.45, 2.75) is 32.7 Å². The predicted molar refractivity (Wildman–Crippen MR) is 79.8 cm³/mol. The predicted octanol–water partition coefficient (Wildman–Crippen LogP) is 2.48. The topological polar surface area (TPSA) is 64.6 Å². The van der Waals surface area contributed by atoms with Crippen LogP contribution in [0.4, 0.5) is 0 Å². The van der Waals surface area contributed by atoms with Crippen LogP contribution in [0.25, 0.3) is 0 Å². The Kier molecular flexibility index (Phi) is 6.29. The Labute approximate surface area is 121 Å². The van der Waals surface area contributed by atoms with Crippen LogP contribution < -0.4 is 14.2 Å². The minimum atomic E-state index is -3.28. The highest BCUT2D eigenvalue weighted by molar-refractivity contribution is 7.89. The van der Waals surface area contributed by atoms with Gasteiger partial charge in [-0.1, -0.05) is 13.3 Å². The van der Waals surface area contributed by atoms with E-state index in [0.29, 0.717) is 17.9 Å². The summed E-state index contributed by atoms with van der Waals surface area (Å²) < 4.78 is 37.0. The third-order valence-corrected chi connectivity index (χ3v) is 4.57. The van der Waals surface area contributed by atoms with E-state index in [4.69, 9.17) is 9.47 Å². The molecular formula is C14H23NO4S. The molecule has 0 fully saturated rings. The highest BCUT2D eigenvalue weighted by Crippen LogP contribution is 2.29. The van der Waals surface area contributed by atoms with E-state index in [2.05, 4.69) is 4.72 Å². The summed E-state index contributed by atoms with van der Waals surface area (Å²) in [6, 6.07) is 4.96. The molecule has 0 radical (unpaired) electrons. The van der Waals surface area contributed by atoms with Crippen molar-refractivity contribution in [2.24, 2.45) is 0 Å². The second-order valence-corrected chi connectivity index (χ2v) is 6.49. The zero-order valence-electron chi connectivity index (χ0n) is 12.5. The summed E-state index contributed by atoms with van der Waals surface area (Å²) in [5, 5.41) is 0. The molecule has 20 heavy (non-hydrogen) atoms. The van der Waals surface area contributed by atoms with Crippen LogP contribution in [0.2, 0.25) is 0 Å². The number of hydrogen-bond acceptors (Lipinski definition) is 4. The van der Waals surface area contributed by atoms with Gasteiger partial charge in [0.05, 0.1) is 20.0 Å². The number of benzene rings is 1. The molecule has 0 aliphatic carbocycles. The fourth-order valence-corrected chi connectivity index (χ4v) is 3.36. The second-order valence-electron chi connectivity index (χ2n) is 4.62. The lowest BCUT2D eigenvalue weighted by Gasteiger charge is -2.18. The highest BCUT2D eigenvalue weighted by atomic mass is 32.2. The summed E-state index contributed by atoms with van der Waals surface area (Å²) in [5.41, 5.74) is 0.756. The SMILES string of the molecule is CCCCS(=O)(=O)N[C@@H](C)c1cc(OC)ccc1OC. The maximum Gasteiger partial charge on any atom is 0.212 e. The molecular weight excluding hydrogens is 278 g/mol. The normalized spacial score (nSPS) is 13.0. The summed E-state index contributed by atoms with van der Waals surface area (Å²) in [7, 11) is -0.152. The number of ether oxygens (including phenoxy) is 2. The van der Waals surface area contributed by atoms with E-state index >= 15 is 0 Å². The van der Waals surface area contributed by atoms with Gasteiger partial charge in [-0.15, -0.1) is 0 Å². The Morgan fingerprint density at radius 1 is 1.25 bits per heavy atom. The second kappa shape index (κ2) is 7.50. The molecule has 1 N–H and O–H groups in total. The van der Waals surface area contributed by atoms with Gasteiger partial charge in [0.25, 0.3) is 0 Å². The lowest BCUT2D eigenvalue weighted by atomic mass is 10.1. The van der Waals surface area contributed by atoms with Crippen molar-refractivity contribution in [2.75, 3.05) is 20.0 Å². The zero-order chi connectivity index (χ0) is 15.2. The molecule has 0 heterocycles. The third-order valence-electron chi connectivity index (χ3n) is 3.03. The van der Waals surface area contributed by atoms with E-state index in [-0.39, 0.29) is 11.8 Å². The van der Waals surface area contributed by atoms with Crippen LogP contribution in [0.1, 0.15) is 38.3 Å². The molecule has 1 aromatic carbocycles. The molecule has 1 atom stereocenters. The van der Waals surface area contributed by atoms with E-state index in [0.717, 1.165) is 12.0 Å². The van der Waals surface area contributed by atoms with E-state index in [1.807, 2.05) is 6.92 Å². The van der Waals surface area contributed by atoms with Gasteiger partial charge in [-0.05, 0) is 31.5 Å². The molecule has 0 aromatic heterocycles. The summed E-state index contributed by atoms with van der Waals surface area (Å²) in [6.45, 7) is 3.75. The number of sulfonamides is 1. The van der Waals surface area contributed by atoms with Crippen LogP contribution >= 0.6 is 0 Å². The van der Waals surface area contributed by atoms with Gasteiger partial charge < -0.3 is 9.47 Å². The summed E-state index contributed by atoms with van der Waals surface area (Å²) >= 11 is 0. The van der Waals surface area contributed by atoms with E-state index < -0.39 is 10.0 Å². The Balaban J connectivity index is 2.93. The van der Waals surface area contributed by atoms with Gasteiger partial charge in [0.15, 0.2) is 0 Å². The van der Waals surface area contributed by atoms with Crippen LogP contribution in [-0.4, -0.2) is 28.4 Å². The first-order valence-corrected chi connectivity index (χ1v) is 8.30. The van der Waals surface area contributed by atoms with E-state index in [1.165, 1.54) is 0 Å². The van der Waals surface area contributed by atoms with Crippen LogP contribution in [0, 0.1) is 0 Å². The van der Waals surface area contributed by atoms with Crippen LogP contribution in [-0.2, 0) is 10.0 Å². The highest BCUT2D eigenvalue weighted by Gasteiger charge is 2.18. The minimum Gasteiger partial charge on any atom is -0.497 e. The summed E-state index contributed by atoms with van der Waals surface area (Å²) in [4.78, 5) is 0. The standard InChI is InChI=1S/C14H23NO4S/c1-5-6-9-20(16,17)15-11(2)13-10-12(18-3)7-8-14(13)19-4/h7-8,10-11,15H,5-6,9H2,1-4H3/t11-/m0/s1. The van der Waals surface area contributed by atoms with Crippen LogP contribution in [0.3, 0.4) is 0 Å². The molecule has 0 bridgehead atoms. The van der Waals surface area contributed by atoms with Gasteiger partial charge in [-0.25, -0.2) is 13.1 Å². The van der Waals surface area contributed by atoms with E-state index in [1.54, 1.807) is 39.3 Å². The van der Waals surface area contributed by atoms with Gasteiger partial charge in [0.1, 0.15) is 11.5 Å². The molecule has 0 saturated carbocycles. The molecule has 0 spiro atoms. The number of rotatable bonds is 8. The van der Waals surface area contributed by atoms with Crippen molar-refractivity contribution in [1.82, 2.24) is 4.72 Å². The minimum absolute atomic E-state index is 0.139. The molecule has 114 valence electrons. The molecule has 0 amide bonds. The maximum absolute atomic E-state index is 11.9. The Morgan fingerprint density at radius 2 is 1.95 bits per heavy atom. The van der Waals surface area contributed by atoms with Gasteiger partial charge in [-0.3, -0.25) is 0 Å². The fraction of sp³-hybridized carbons (Fsp3) is 0.571. The van der Waals surface area contributed by atoms with Crippen molar-refractivity contribution < 1.29 is 17.9 Å². The van der Waals surface area contributed by atoms with Crippen molar-refractivity contribution in [3.05, 3.63) is 23.8 Å². The van der Waals surface area contributed by atoms with Gasteiger partial charge in [-0.2, -0.15) is 0 Å². The number of hydrogen-bond donors (Lipinski definition) is 1.